The van der Waals surface area contributed by atoms with Crippen molar-refractivity contribution in [3.8, 4) is 5.75 Å². The first-order valence-corrected chi connectivity index (χ1v) is 8.57. The zero-order valence-electron chi connectivity index (χ0n) is 13.8. The molecule has 1 saturated heterocycles. The molecule has 1 heterocycles. The summed E-state index contributed by atoms with van der Waals surface area (Å²) in [4.78, 5) is 13.2. The molecule has 2 aliphatic rings. The number of ether oxygens (including phenoxy) is 1. The summed E-state index contributed by atoms with van der Waals surface area (Å²) in [5.41, 5.74) is 3.35. The van der Waals surface area contributed by atoms with Gasteiger partial charge in [0.2, 0.25) is 0 Å². The molecule has 4 rings (SSSR count). The molecule has 2 aromatic rings. The van der Waals surface area contributed by atoms with E-state index in [2.05, 4.69) is 17.0 Å². The molecule has 5 heteroatoms. The van der Waals surface area contributed by atoms with Crippen LogP contribution in [0.5, 0.6) is 5.75 Å². The van der Waals surface area contributed by atoms with Gasteiger partial charge in [0.05, 0.1) is 5.92 Å². The molecule has 1 atom stereocenters. The van der Waals surface area contributed by atoms with E-state index in [0.717, 1.165) is 24.2 Å². The van der Waals surface area contributed by atoms with Crippen molar-refractivity contribution in [2.45, 2.75) is 25.5 Å². The number of rotatable bonds is 5. The van der Waals surface area contributed by atoms with Crippen LogP contribution in [0, 0.1) is 11.7 Å². The lowest BCUT2D eigenvalue weighted by atomic mass is 9.95. The number of carboxylic acid groups (broad SMARTS) is 1. The summed E-state index contributed by atoms with van der Waals surface area (Å²) in [6.45, 7) is 1.61. The SMILES string of the molecule is O=C(O)C1CN(C2CCc3cc(OCc4cccc(F)c4)ccc32)C1. The number of aliphatic carboxylic acids is 1. The van der Waals surface area contributed by atoms with Gasteiger partial charge >= 0.3 is 5.97 Å². The number of fused-ring (bicyclic) bond motifs is 1. The van der Waals surface area contributed by atoms with Crippen molar-refractivity contribution in [3.63, 3.8) is 0 Å². The van der Waals surface area contributed by atoms with Crippen LogP contribution in [-0.4, -0.2) is 29.1 Å². The molecule has 0 bridgehead atoms. The third kappa shape index (κ3) is 3.24. The average molecular weight is 341 g/mol. The topological polar surface area (TPSA) is 49.8 Å². The van der Waals surface area contributed by atoms with E-state index < -0.39 is 5.97 Å². The molecule has 1 unspecified atom stereocenters. The number of carbonyl (C=O) groups is 1. The molecular weight excluding hydrogens is 321 g/mol. The molecule has 0 saturated carbocycles. The summed E-state index contributed by atoms with van der Waals surface area (Å²) in [5.74, 6) is -0.392. The molecule has 4 nitrogen and oxygen atoms in total. The molecule has 1 fully saturated rings. The van der Waals surface area contributed by atoms with E-state index in [9.17, 15) is 9.18 Å². The van der Waals surface area contributed by atoms with Gasteiger partial charge in [-0.1, -0.05) is 18.2 Å². The molecule has 0 spiro atoms. The van der Waals surface area contributed by atoms with Crippen LogP contribution in [0.2, 0.25) is 0 Å². The van der Waals surface area contributed by atoms with E-state index in [0.29, 0.717) is 25.7 Å². The van der Waals surface area contributed by atoms with E-state index in [4.69, 9.17) is 9.84 Å². The second-order valence-electron chi connectivity index (χ2n) is 6.82. The Morgan fingerprint density at radius 3 is 2.84 bits per heavy atom. The Labute approximate surface area is 145 Å². The average Bonchev–Trinajstić information content (AvgIpc) is 2.94. The van der Waals surface area contributed by atoms with Crippen molar-refractivity contribution < 1.29 is 19.0 Å². The molecule has 1 N–H and O–H groups in total. The Balaban J connectivity index is 1.40. The van der Waals surface area contributed by atoms with Gasteiger partial charge in [-0.15, -0.1) is 0 Å². The molecule has 0 amide bonds. The number of hydrogen-bond acceptors (Lipinski definition) is 3. The Bertz CT molecular complexity index is 801. The fourth-order valence-corrected chi connectivity index (χ4v) is 3.76. The molecule has 1 aliphatic carbocycles. The van der Waals surface area contributed by atoms with Gasteiger partial charge in [-0.05, 0) is 53.8 Å². The Morgan fingerprint density at radius 1 is 1.24 bits per heavy atom. The van der Waals surface area contributed by atoms with Crippen LogP contribution < -0.4 is 4.74 Å². The third-order valence-electron chi connectivity index (χ3n) is 5.15. The van der Waals surface area contributed by atoms with E-state index in [1.165, 1.54) is 23.3 Å². The second kappa shape index (κ2) is 6.48. The molecule has 130 valence electrons. The predicted molar refractivity (Wildman–Crippen MR) is 90.9 cm³/mol. The molecular formula is C20H20FNO3. The lowest BCUT2D eigenvalue weighted by molar-refractivity contribution is -0.148. The van der Waals surface area contributed by atoms with Gasteiger partial charge in [0.25, 0.3) is 0 Å². The summed E-state index contributed by atoms with van der Waals surface area (Å²) in [6, 6.07) is 12.8. The highest BCUT2D eigenvalue weighted by Crippen LogP contribution is 2.40. The van der Waals surface area contributed by atoms with Crippen LogP contribution in [0.25, 0.3) is 0 Å². The highest BCUT2D eigenvalue weighted by Gasteiger charge is 2.39. The third-order valence-corrected chi connectivity index (χ3v) is 5.15. The Kier molecular flexibility index (Phi) is 4.17. The van der Waals surface area contributed by atoms with Gasteiger partial charge in [-0.25, -0.2) is 4.39 Å². The highest BCUT2D eigenvalue weighted by molar-refractivity contribution is 5.71. The van der Waals surface area contributed by atoms with Crippen LogP contribution in [0.15, 0.2) is 42.5 Å². The number of carboxylic acids is 1. The van der Waals surface area contributed by atoms with E-state index in [1.807, 2.05) is 12.1 Å². The minimum Gasteiger partial charge on any atom is -0.489 e. The van der Waals surface area contributed by atoms with Gasteiger partial charge in [0, 0.05) is 19.1 Å². The minimum atomic E-state index is -0.699. The maximum Gasteiger partial charge on any atom is 0.309 e. The monoisotopic (exact) mass is 341 g/mol. The van der Waals surface area contributed by atoms with Gasteiger partial charge in [0.1, 0.15) is 18.2 Å². The van der Waals surface area contributed by atoms with E-state index >= 15 is 0 Å². The molecule has 2 aromatic carbocycles. The van der Waals surface area contributed by atoms with Gasteiger partial charge < -0.3 is 9.84 Å². The van der Waals surface area contributed by atoms with E-state index in [1.54, 1.807) is 6.07 Å². The van der Waals surface area contributed by atoms with Crippen molar-refractivity contribution in [2.75, 3.05) is 13.1 Å². The maximum absolute atomic E-state index is 13.2. The Hall–Kier alpha value is -2.40. The second-order valence-corrected chi connectivity index (χ2v) is 6.82. The predicted octanol–water partition coefficient (Wildman–Crippen LogP) is 3.41. The number of benzene rings is 2. The summed E-state index contributed by atoms with van der Waals surface area (Å²) in [7, 11) is 0. The number of nitrogens with zero attached hydrogens (tertiary/aromatic N) is 1. The van der Waals surface area contributed by atoms with Crippen molar-refractivity contribution in [1.29, 1.82) is 0 Å². The number of likely N-dealkylation sites (tertiary alicyclic amines) is 1. The van der Waals surface area contributed by atoms with Gasteiger partial charge in [-0.3, -0.25) is 9.69 Å². The van der Waals surface area contributed by atoms with E-state index in [-0.39, 0.29) is 11.7 Å². The van der Waals surface area contributed by atoms with Crippen LogP contribution in [0.1, 0.15) is 29.2 Å². The lowest BCUT2D eigenvalue weighted by Gasteiger charge is -2.41. The fourth-order valence-electron chi connectivity index (χ4n) is 3.76. The number of aryl methyl sites for hydroxylation is 1. The standard InChI is InChI=1S/C20H20FNO3/c21-16-3-1-2-13(8-16)12-25-17-5-6-18-14(9-17)4-7-19(18)22-10-15(11-22)20(23)24/h1-3,5-6,8-9,15,19H,4,7,10-12H2,(H,23,24). The number of halogens is 1. The fraction of sp³-hybridized carbons (Fsp3) is 0.350. The summed E-state index contributed by atoms with van der Waals surface area (Å²) < 4.78 is 19.0. The Morgan fingerprint density at radius 2 is 2.08 bits per heavy atom. The van der Waals surface area contributed by atoms with Crippen molar-refractivity contribution in [2.24, 2.45) is 5.92 Å². The quantitative estimate of drug-likeness (QED) is 0.905. The summed E-state index contributed by atoms with van der Waals surface area (Å²) in [6.07, 6.45) is 2.00. The molecule has 25 heavy (non-hydrogen) atoms. The summed E-state index contributed by atoms with van der Waals surface area (Å²) >= 11 is 0. The summed E-state index contributed by atoms with van der Waals surface area (Å²) in [5, 5.41) is 9.03. The van der Waals surface area contributed by atoms with Crippen LogP contribution in [0.4, 0.5) is 4.39 Å². The van der Waals surface area contributed by atoms with Crippen LogP contribution in [-0.2, 0) is 17.8 Å². The van der Waals surface area contributed by atoms with Crippen LogP contribution in [0.3, 0.4) is 0 Å². The first kappa shape index (κ1) is 16.1. The first-order chi connectivity index (χ1) is 12.1. The maximum atomic E-state index is 13.2. The molecule has 0 radical (unpaired) electrons. The van der Waals surface area contributed by atoms with Crippen molar-refractivity contribution >= 4 is 5.97 Å². The van der Waals surface area contributed by atoms with Gasteiger partial charge in [-0.2, -0.15) is 0 Å². The number of hydrogen-bond donors (Lipinski definition) is 1. The highest BCUT2D eigenvalue weighted by atomic mass is 19.1. The minimum absolute atomic E-state index is 0.224. The van der Waals surface area contributed by atoms with Crippen molar-refractivity contribution in [3.05, 3.63) is 65.0 Å². The van der Waals surface area contributed by atoms with Gasteiger partial charge in [0.15, 0.2) is 0 Å². The van der Waals surface area contributed by atoms with Crippen LogP contribution >= 0.6 is 0 Å². The first-order valence-electron chi connectivity index (χ1n) is 8.57. The normalized spacial score (nSPS) is 20.1. The largest absolute Gasteiger partial charge is 0.489 e. The lowest BCUT2D eigenvalue weighted by Crippen LogP contribution is -2.51. The van der Waals surface area contributed by atoms with Crippen molar-refractivity contribution in [1.82, 2.24) is 4.90 Å². The zero-order chi connectivity index (χ0) is 17.4. The smallest absolute Gasteiger partial charge is 0.309 e. The zero-order valence-corrected chi connectivity index (χ0v) is 13.8. The molecule has 0 aromatic heterocycles. The molecule has 1 aliphatic heterocycles.